The van der Waals surface area contributed by atoms with Gasteiger partial charge in [-0.1, -0.05) is 18.2 Å². The summed E-state index contributed by atoms with van der Waals surface area (Å²) in [6, 6.07) is 12.3. The maximum Gasteiger partial charge on any atom is 0.339 e. The molecule has 0 saturated heterocycles. The summed E-state index contributed by atoms with van der Waals surface area (Å²) in [6.45, 7) is 1.40. The minimum absolute atomic E-state index is 0.384. The number of carbonyl (C=O) groups excluding carboxylic acids is 2. The number of anilines is 1. The summed E-state index contributed by atoms with van der Waals surface area (Å²) >= 11 is 3.26. The molecule has 3 aromatic rings. The van der Waals surface area contributed by atoms with Crippen molar-refractivity contribution in [3.8, 4) is 0 Å². The summed E-state index contributed by atoms with van der Waals surface area (Å²) in [5, 5.41) is 3.25. The molecule has 126 valence electrons. The first kappa shape index (κ1) is 17.0. The molecule has 0 bridgehead atoms. The van der Waals surface area contributed by atoms with Crippen LogP contribution in [0.25, 0.3) is 10.9 Å². The summed E-state index contributed by atoms with van der Waals surface area (Å²) in [4.78, 5) is 32.7. The van der Waals surface area contributed by atoms with Crippen LogP contribution in [0.1, 0.15) is 16.1 Å². The minimum atomic E-state index is -0.569. The van der Waals surface area contributed by atoms with E-state index in [0.29, 0.717) is 28.0 Å². The van der Waals surface area contributed by atoms with Gasteiger partial charge in [-0.05, 0) is 47.1 Å². The topological polar surface area (TPSA) is 81.2 Å². The molecule has 0 aliphatic heterocycles. The van der Waals surface area contributed by atoms with E-state index in [-0.39, 0.29) is 0 Å². The Balaban J connectivity index is 1.68. The maximum absolute atomic E-state index is 12.4. The SMILES string of the molecule is Cc1cc(C(=O)OCC(=O)Nc2ccc(Br)cn2)c2ccccc2n1. The van der Waals surface area contributed by atoms with Crippen LogP contribution in [-0.4, -0.2) is 28.5 Å². The third-order valence-corrected chi connectivity index (χ3v) is 3.86. The summed E-state index contributed by atoms with van der Waals surface area (Å²) in [5.41, 5.74) is 1.80. The number of pyridine rings is 2. The predicted molar refractivity (Wildman–Crippen MR) is 97.3 cm³/mol. The molecular weight excluding hydrogens is 386 g/mol. The molecule has 0 radical (unpaired) electrons. The molecule has 0 aliphatic carbocycles. The number of esters is 1. The number of benzene rings is 1. The number of rotatable bonds is 4. The number of aryl methyl sites for hydroxylation is 1. The Bertz CT molecular complexity index is 942. The zero-order valence-electron chi connectivity index (χ0n) is 13.3. The first-order chi connectivity index (χ1) is 12.0. The number of nitrogens with one attached hydrogen (secondary N) is 1. The predicted octanol–water partition coefficient (Wildman–Crippen LogP) is 3.50. The van der Waals surface area contributed by atoms with Gasteiger partial charge in [0.25, 0.3) is 5.91 Å². The Morgan fingerprint density at radius 3 is 2.76 bits per heavy atom. The molecule has 1 aromatic carbocycles. The smallest absolute Gasteiger partial charge is 0.339 e. The van der Waals surface area contributed by atoms with E-state index < -0.39 is 18.5 Å². The summed E-state index contributed by atoms with van der Waals surface area (Å²) in [5.74, 6) is -0.645. The first-order valence-corrected chi connectivity index (χ1v) is 8.27. The standard InChI is InChI=1S/C18H14BrN3O3/c1-11-8-14(13-4-2-3-5-15(13)21-11)18(24)25-10-17(23)22-16-7-6-12(19)9-20-16/h2-9H,10H2,1H3,(H,20,22,23). The number of amides is 1. The fourth-order valence-electron chi connectivity index (χ4n) is 2.31. The average Bonchev–Trinajstić information content (AvgIpc) is 2.61. The van der Waals surface area contributed by atoms with Crippen molar-refractivity contribution < 1.29 is 14.3 Å². The number of carbonyl (C=O) groups is 2. The quantitative estimate of drug-likeness (QED) is 0.678. The highest BCUT2D eigenvalue weighted by Crippen LogP contribution is 2.19. The molecule has 0 spiro atoms. The number of fused-ring (bicyclic) bond motifs is 1. The number of hydrogen-bond acceptors (Lipinski definition) is 5. The molecule has 25 heavy (non-hydrogen) atoms. The highest BCUT2D eigenvalue weighted by molar-refractivity contribution is 9.10. The van der Waals surface area contributed by atoms with Crippen molar-refractivity contribution in [1.29, 1.82) is 0 Å². The van der Waals surface area contributed by atoms with E-state index in [2.05, 4.69) is 31.2 Å². The molecule has 3 rings (SSSR count). The van der Waals surface area contributed by atoms with Crippen molar-refractivity contribution in [3.63, 3.8) is 0 Å². The van der Waals surface area contributed by atoms with Crippen molar-refractivity contribution in [2.24, 2.45) is 0 Å². The molecule has 0 saturated carbocycles. The van der Waals surface area contributed by atoms with Crippen molar-refractivity contribution >= 4 is 44.5 Å². The van der Waals surface area contributed by atoms with Crippen LogP contribution in [0.2, 0.25) is 0 Å². The lowest BCUT2D eigenvalue weighted by Gasteiger charge is -2.09. The molecule has 0 unspecified atom stereocenters. The van der Waals surface area contributed by atoms with Gasteiger partial charge >= 0.3 is 5.97 Å². The van der Waals surface area contributed by atoms with Crippen molar-refractivity contribution in [2.75, 3.05) is 11.9 Å². The van der Waals surface area contributed by atoms with Crippen molar-refractivity contribution in [2.45, 2.75) is 6.92 Å². The first-order valence-electron chi connectivity index (χ1n) is 7.48. The lowest BCUT2D eigenvalue weighted by molar-refractivity contribution is -0.119. The minimum Gasteiger partial charge on any atom is -0.452 e. The Labute approximate surface area is 152 Å². The second kappa shape index (κ2) is 7.40. The van der Waals surface area contributed by atoms with Gasteiger partial charge in [0.2, 0.25) is 0 Å². The van der Waals surface area contributed by atoms with Gasteiger partial charge in [-0.15, -0.1) is 0 Å². The van der Waals surface area contributed by atoms with E-state index >= 15 is 0 Å². The Morgan fingerprint density at radius 1 is 1.20 bits per heavy atom. The number of ether oxygens (including phenoxy) is 1. The van der Waals surface area contributed by atoms with E-state index in [1.165, 1.54) is 0 Å². The fraction of sp³-hybridized carbons (Fsp3) is 0.111. The van der Waals surface area contributed by atoms with Crippen molar-refractivity contribution in [1.82, 2.24) is 9.97 Å². The number of hydrogen-bond donors (Lipinski definition) is 1. The van der Waals surface area contributed by atoms with Gasteiger partial charge in [-0.2, -0.15) is 0 Å². The van der Waals surface area contributed by atoms with Crippen LogP contribution in [0.3, 0.4) is 0 Å². The van der Waals surface area contributed by atoms with E-state index in [9.17, 15) is 9.59 Å². The van der Waals surface area contributed by atoms with E-state index in [1.54, 1.807) is 37.4 Å². The number of para-hydroxylation sites is 1. The second-order valence-electron chi connectivity index (χ2n) is 5.31. The fourth-order valence-corrected chi connectivity index (χ4v) is 2.55. The van der Waals surface area contributed by atoms with Gasteiger partial charge in [0.1, 0.15) is 5.82 Å². The molecule has 7 heteroatoms. The molecule has 6 nitrogen and oxygen atoms in total. The Kier molecular flexibility index (Phi) is 5.04. The maximum atomic E-state index is 12.4. The van der Waals surface area contributed by atoms with Gasteiger partial charge in [-0.25, -0.2) is 9.78 Å². The van der Waals surface area contributed by atoms with Gasteiger partial charge in [-0.3, -0.25) is 9.78 Å². The Hall–Kier alpha value is -2.80. The number of aromatic nitrogens is 2. The van der Waals surface area contributed by atoms with Crippen LogP contribution < -0.4 is 5.32 Å². The van der Waals surface area contributed by atoms with Crippen LogP contribution in [-0.2, 0) is 9.53 Å². The van der Waals surface area contributed by atoms with E-state index in [4.69, 9.17) is 4.74 Å². The van der Waals surface area contributed by atoms with E-state index in [1.807, 2.05) is 18.2 Å². The third kappa shape index (κ3) is 4.19. The summed E-state index contributed by atoms with van der Waals surface area (Å²) < 4.78 is 5.94. The largest absolute Gasteiger partial charge is 0.452 e. The highest BCUT2D eigenvalue weighted by Gasteiger charge is 2.15. The second-order valence-corrected chi connectivity index (χ2v) is 6.23. The highest BCUT2D eigenvalue weighted by atomic mass is 79.9. The summed E-state index contributed by atoms with van der Waals surface area (Å²) in [7, 11) is 0. The van der Waals surface area contributed by atoms with Crippen LogP contribution >= 0.6 is 15.9 Å². The number of nitrogens with zero attached hydrogens (tertiary/aromatic N) is 2. The van der Waals surface area contributed by atoms with Gasteiger partial charge in [0.15, 0.2) is 6.61 Å². The number of halogens is 1. The molecule has 1 N–H and O–H groups in total. The lowest BCUT2D eigenvalue weighted by Crippen LogP contribution is -2.21. The lowest BCUT2D eigenvalue weighted by atomic mass is 10.1. The van der Waals surface area contributed by atoms with E-state index in [0.717, 1.165) is 4.47 Å². The van der Waals surface area contributed by atoms with Crippen LogP contribution in [0.4, 0.5) is 5.82 Å². The molecule has 0 atom stereocenters. The van der Waals surface area contributed by atoms with Crippen LogP contribution in [0.15, 0.2) is 53.1 Å². The monoisotopic (exact) mass is 399 g/mol. The molecule has 1 amide bonds. The molecule has 0 aliphatic rings. The van der Waals surface area contributed by atoms with Gasteiger partial charge in [0.05, 0.1) is 11.1 Å². The zero-order chi connectivity index (χ0) is 17.8. The molecule has 2 aromatic heterocycles. The van der Waals surface area contributed by atoms with Crippen LogP contribution in [0, 0.1) is 6.92 Å². The van der Waals surface area contributed by atoms with Gasteiger partial charge < -0.3 is 10.1 Å². The van der Waals surface area contributed by atoms with Crippen LogP contribution in [0.5, 0.6) is 0 Å². The van der Waals surface area contributed by atoms with Gasteiger partial charge in [0, 0.05) is 21.7 Å². The van der Waals surface area contributed by atoms with Crippen molar-refractivity contribution in [3.05, 3.63) is 64.4 Å². The molecular formula is C18H14BrN3O3. The summed E-state index contributed by atoms with van der Waals surface area (Å²) in [6.07, 6.45) is 1.56. The molecule has 2 heterocycles. The normalized spacial score (nSPS) is 10.5. The zero-order valence-corrected chi connectivity index (χ0v) is 14.9. The average molecular weight is 400 g/mol. The third-order valence-electron chi connectivity index (χ3n) is 3.39. The molecule has 0 fully saturated rings. The Morgan fingerprint density at radius 2 is 2.00 bits per heavy atom.